The van der Waals surface area contributed by atoms with Gasteiger partial charge in [0.2, 0.25) is 0 Å². The molecule has 0 atom stereocenters. The van der Waals surface area contributed by atoms with Gasteiger partial charge in [-0.15, -0.1) is 0 Å². The molecule has 40 heavy (non-hydrogen) atoms. The molecule has 2 aromatic carbocycles. The van der Waals surface area contributed by atoms with Crippen LogP contribution in [0, 0.1) is 0 Å². The number of aryl methyl sites for hydroxylation is 2. The summed E-state index contributed by atoms with van der Waals surface area (Å²) in [5, 5.41) is 2.33. The van der Waals surface area contributed by atoms with E-state index in [1.807, 2.05) is 24.3 Å². The first-order chi connectivity index (χ1) is 18.9. The molecule has 218 valence electrons. The standard InChI is InChI=1S/C31H39Cl4N4.HI/c1-5-9-11-16-38-28-20-24(34)22(32)18-26(28)36(7-3)30(38)14-13-15-31-37(8-4)27-19-23(33)25(35)21-29(27)39(31)17-12-10-6-2;/h13-15,18-21H,5-12,16-17H2,1-4H3;1H/q+1;/p-1. The van der Waals surface area contributed by atoms with Crippen molar-refractivity contribution in [2.24, 2.45) is 0 Å². The van der Waals surface area contributed by atoms with Crippen LogP contribution >= 0.6 is 46.4 Å². The normalized spacial score (nSPS) is 14.2. The molecule has 9 heteroatoms. The lowest BCUT2D eigenvalue weighted by molar-refractivity contribution is -0.674. The molecule has 1 aliphatic rings. The summed E-state index contributed by atoms with van der Waals surface area (Å²) in [4.78, 5) is 4.70. The van der Waals surface area contributed by atoms with Crippen LogP contribution in [0.3, 0.4) is 0 Å². The Labute approximate surface area is 276 Å². The third-order valence-corrected chi connectivity index (χ3v) is 8.84. The summed E-state index contributed by atoms with van der Waals surface area (Å²) in [5.74, 6) is 2.28. The Bertz CT molecular complexity index is 1380. The third-order valence-electron chi connectivity index (χ3n) is 7.40. The van der Waals surface area contributed by atoms with Crippen LogP contribution < -0.4 is 38.3 Å². The molecule has 0 saturated carbocycles. The topological polar surface area (TPSA) is 15.3 Å². The number of rotatable bonds is 12. The van der Waals surface area contributed by atoms with Gasteiger partial charge in [0.15, 0.2) is 11.0 Å². The highest BCUT2D eigenvalue weighted by molar-refractivity contribution is 6.43. The number of anilines is 2. The van der Waals surface area contributed by atoms with E-state index < -0.39 is 0 Å². The van der Waals surface area contributed by atoms with Crippen molar-refractivity contribution >= 4 is 74.9 Å². The molecule has 0 fully saturated rings. The van der Waals surface area contributed by atoms with E-state index in [0.29, 0.717) is 20.1 Å². The van der Waals surface area contributed by atoms with Crippen LogP contribution in [0.1, 0.15) is 72.0 Å². The van der Waals surface area contributed by atoms with Crippen molar-refractivity contribution in [3.63, 3.8) is 0 Å². The van der Waals surface area contributed by atoms with E-state index >= 15 is 0 Å². The maximum Gasteiger partial charge on any atom is 0.282 e. The molecule has 0 N–H and O–H groups in total. The van der Waals surface area contributed by atoms with Gasteiger partial charge in [0.05, 0.1) is 44.6 Å². The minimum Gasteiger partial charge on any atom is -1.00 e. The Hall–Kier alpha value is -1.12. The number of hydrogen-bond donors (Lipinski definition) is 0. The van der Waals surface area contributed by atoms with Crippen LogP contribution in [-0.4, -0.2) is 17.7 Å². The molecule has 0 spiro atoms. The van der Waals surface area contributed by atoms with Crippen LogP contribution in [0.4, 0.5) is 11.4 Å². The molecular formula is C31H39Cl4IN4. The molecule has 4 nitrogen and oxygen atoms in total. The second-order valence-corrected chi connectivity index (χ2v) is 11.6. The summed E-state index contributed by atoms with van der Waals surface area (Å²) in [6, 6.07) is 7.99. The van der Waals surface area contributed by atoms with Gasteiger partial charge in [-0.05, 0) is 51.3 Å². The molecule has 1 aromatic heterocycles. The van der Waals surface area contributed by atoms with Gasteiger partial charge < -0.3 is 33.8 Å². The average molecular weight is 736 g/mol. The van der Waals surface area contributed by atoms with Gasteiger partial charge in [-0.3, -0.25) is 0 Å². The van der Waals surface area contributed by atoms with Gasteiger partial charge >= 0.3 is 0 Å². The predicted octanol–water partition coefficient (Wildman–Crippen LogP) is 7.15. The number of aromatic nitrogens is 2. The van der Waals surface area contributed by atoms with Gasteiger partial charge in [-0.25, -0.2) is 9.13 Å². The smallest absolute Gasteiger partial charge is 0.282 e. The number of benzene rings is 2. The van der Waals surface area contributed by atoms with Crippen LogP contribution in [0.5, 0.6) is 0 Å². The van der Waals surface area contributed by atoms with Crippen LogP contribution in [0.15, 0.2) is 42.2 Å². The number of allylic oxidation sites excluding steroid dienone is 2. The first-order valence-corrected chi connectivity index (χ1v) is 15.7. The van der Waals surface area contributed by atoms with E-state index in [0.717, 1.165) is 73.1 Å². The van der Waals surface area contributed by atoms with E-state index in [9.17, 15) is 0 Å². The zero-order valence-electron chi connectivity index (χ0n) is 23.8. The summed E-state index contributed by atoms with van der Waals surface area (Å²) in [6.07, 6.45) is 13.5. The van der Waals surface area contributed by atoms with Crippen molar-refractivity contribution in [3.8, 4) is 0 Å². The lowest BCUT2D eigenvalue weighted by Crippen LogP contribution is -3.00. The minimum atomic E-state index is 0. The first kappa shape index (κ1) is 33.4. The fourth-order valence-electron chi connectivity index (χ4n) is 5.46. The summed E-state index contributed by atoms with van der Waals surface area (Å²) >= 11 is 25.8. The number of unbranched alkanes of at least 4 members (excludes halogenated alkanes) is 4. The Morgan fingerprint density at radius 1 is 0.725 bits per heavy atom. The van der Waals surface area contributed by atoms with E-state index in [4.69, 9.17) is 46.4 Å². The zero-order chi connectivity index (χ0) is 28.1. The highest BCUT2D eigenvalue weighted by Gasteiger charge is 2.31. The molecule has 0 aliphatic carbocycles. The van der Waals surface area contributed by atoms with Gasteiger partial charge in [0.25, 0.3) is 5.82 Å². The fourth-order valence-corrected chi connectivity index (χ4v) is 6.09. The van der Waals surface area contributed by atoms with Crippen LogP contribution in [0.2, 0.25) is 20.1 Å². The molecule has 1 aliphatic heterocycles. The van der Waals surface area contributed by atoms with Crippen molar-refractivity contribution in [2.45, 2.75) is 79.3 Å². The lowest BCUT2D eigenvalue weighted by Gasteiger charge is -2.24. The number of fused-ring (bicyclic) bond motifs is 2. The molecule has 4 rings (SSSR count). The van der Waals surface area contributed by atoms with E-state index in [1.165, 1.54) is 25.7 Å². The molecule has 2 heterocycles. The van der Waals surface area contributed by atoms with Crippen molar-refractivity contribution in [2.75, 3.05) is 22.9 Å². The van der Waals surface area contributed by atoms with Gasteiger partial charge in [-0.1, -0.05) is 85.6 Å². The maximum absolute atomic E-state index is 6.47. The van der Waals surface area contributed by atoms with Crippen LogP contribution in [0.25, 0.3) is 17.1 Å². The minimum absolute atomic E-state index is 0. The Balaban J connectivity index is 0.00000441. The van der Waals surface area contributed by atoms with Crippen molar-refractivity contribution in [1.82, 2.24) is 4.57 Å². The Kier molecular flexibility index (Phi) is 12.8. The Morgan fingerprint density at radius 2 is 1.32 bits per heavy atom. The molecule has 0 amide bonds. The highest BCUT2D eigenvalue weighted by atomic mass is 127. The zero-order valence-corrected chi connectivity index (χ0v) is 29.0. The Morgan fingerprint density at radius 3 is 1.95 bits per heavy atom. The second-order valence-electron chi connectivity index (χ2n) is 9.96. The van der Waals surface area contributed by atoms with Gasteiger partial charge in [0, 0.05) is 31.3 Å². The summed E-state index contributed by atoms with van der Waals surface area (Å²) in [7, 11) is 0. The van der Waals surface area contributed by atoms with Gasteiger partial charge in [0.1, 0.15) is 5.82 Å². The third kappa shape index (κ3) is 6.91. The monoisotopic (exact) mass is 734 g/mol. The highest BCUT2D eigenvalue weighted by Crippen LogP contribution is 2.45. The SMILES string of the molecule is CCCCCN1/C(=C\C=C\c2n(CC)c3cc(Cl)c(Cl)cc3[n+]2CCCCC)N(CC)c2cc(Cl)c(Cl)cc21.[I-]. The summed E-state index contributed by atoms with van der Waals surface area (Å²) < 4.78 is 4.70. The largest absolute Gasteiger partial charge is 1.00 e. The first-order valence-electron chi connectivity index (χ1n) is 14.2. The predicted molar refractivity (Wildman–Crippen MR) is 171 cm³/mol. The maximum atomic E-state index is 6.47. The summed E-state index contributed by atoms with van der Waals surface area (Å²) in [5.41, 5.74) is 4.43. The van der Waals surface area contributed by atoms with Gasteiger partial charge in [-0.2, -0.15) is 0 Å². The number of imidazole rings is 1. The lowest BCUT2D eigenvalue weighted by atomic mass is 10.2. The van der Waals surface area contributed by atoms with Crippen molar-refractivity contribution in [3.05, 3.63) is 68.2 Å². The second kappa shape index (κ2) is 15.4. The van der Waals surface area contributed by atoms with Crippen LogP contribution in [-0.2, 0) is 13.1 Å². The molecule has 0 unspecified atom stereocenters. The van der Waals surface area contributed by atoms with Crippen molar-refractivity contribution < 1.29 is 28.5 Å². The molecule has 0 bridgehead atoms. The fraction of sp³-hybridized carbons (Fsp3) is 0.452. The molecule has 0 radical (unpaired) electrons. The van der Waals surface area contributed by atoms with E-state index in [1.54, 1.807) is 0 Å². The quantitative estimate of drug-likeness (QED) is 0.112. The van der Waals surface area contributed by atoms with E-state index in [2.05, 4.69) is 64.9 Å². The molecule has 3 aromatic rings. The van der Waals surface area contributed by atoms with Crippen molar-refractivity contribution in [1.29, 1.82) is 0 Å². The summed E-state index contributed by atoms with van der Waals surface area (Å²) in [6.45, 7) is 12.3. The number of halogens is 5. The number of nitrogens with zero attached hydrogens (tertiary/aromatic N) is 4. The number of hydrogen-bond acceptors (Lipinski definition) is 2. The molecular weight excluding hydrogens is 697 g/mol. The molecule has 0 saturated heterocycles. The average Bonchev–Trinajstić information content (AvgIpc) is 3.35. The van der Waals surface area contributed by atoms with E-state index in [-0.39, 0.29) is 24.0 Å².